The third-order valence-corrected chi connectivity index (χ3v) is 12.0. The molecule has 1 saturated heterocycles. The lowest BCUT2D eigenvalue weighted by atomic mass is 9.99. The van der Waals surface area contributed by atoms with Crippen molar-refractivity contribution in [1.29, 1.82) is 0 Å². The van der Waals surface area contributed by atoms with E-state index >= 15 is 0 Å². The van der Waals surface area contributed by atoms with E-state index in [9.17, 15) is 35.4 Å². The molecule has 7 N–H and O–H groups in total. The molecule has 0 saturated carbocycles. The van der Waals surface area contributed by atoms with Crippen molar-refractivity contribution in [2.75, 3.05) is 13.2 Å². The standard InChI is InChI=1S/C48H93NO9/c1-3-5-7-9-11-13-15-17-18-19-20-21-22-23-25-27-29-31-33-35-37-42(52)47(56)49-40(39-57-48-46(55)45(54)44(53)43(38-50)58-48)41(51)36-34-32-30-28-26-24-16-14-12-10-8-6-4-2/h34,36,40-46,48,50-55H,3-33,35,37-39H2,1-2H3,(H,49,56)/t40-,41+,42?,43+,44-,45-,46+,48+/m0/s1. The molecule has 58 heavy (non-hydrogen) atoms. The maximum Gasteiger partial charge on any atom is 0.249 e. The van der Waals surface area contributed by atoms with Crippen LogP contribution in [0.2, 0.25) is 0 Å². The molecule has 0 radical (unpaired) electrons. The van der Waals surface area contributed by atoms with Gasteiger partial charge in [0.1, 0.15) is 30.5 Å². The normalized spacial score (nSPS) is 21.4. The zero-order valence-corrected chi connectivity index (χ0v) is 37.4. The smallest absolute Gasteiger partial charge is 0.249 e. The largest absolute Gasteiger partial charge is 0.394 e. The van der Waals surface area contributed by atoms with E-state index < -0.39 is 61.5 Å². The maximum absolute atomic E-state index is 13.0. The van der Waals surface area contributed by atoms with Gasteiger partial charge in [-0.3, -0.25) is 4.79 Å². The molecule has 1 heterocycles. The zero-order chi connectivity index (χ0) is 42.5. The van der Waals surface area contributed by atoms with Gasteiger partial charge in [0, 0.05) is 0 Å². The van der Waals surface area contributed by atoms with Crippen molar-refractivity contribution in [2.24, 2.45) is 0 Å². The fourth-order valence-electron chi connectivity index (χ4n) is 7.93. The van der Waals surface area contributed by atoms with Crippen molar-refractivity contribution < 1.29 is 44.9 Å². The number of carbonyl (C=O) groups excluding carboxylic acids is 1. The van der Waals surface area contributed by atoms with Gasteiger partial charge in [0.05, 0.1) is 25.4 Å². The number of rotatable bonds is 41. The minimum Gasteiger partial charge on any atom is -0.394 e. The molecule has 0 aliphatic carbocycles. The molecule has 1 aliphatic heterocycles. The average molecular weight is 828 g/mol. The molecular weight excluding hydrogens is 735 g/mol. The van der Waals surface area contributed by atoms with Crippen molar-refractivity contribution in [3.63, 3.8) is 0 Å². The highest BCUT2D eigenvalue weighted by molar-refractivity contribution is 5.80. The lowest BCUT2D eigenvalue weighted by Crippen LogP contribution is -2.60. The Morgan fingerprint density at radius 3 is 1.40 bits per heavy atom. The third kappa shape index (κ3) is 28.4. The molecule has 1 unspecified atom stereocenters. The molecule has 8 atom stereocenters. The van der Waals surface area contributed by atoms with Crippen molar-refractivity contribution >= 4 is 5.91 Å². The van der Waals surface area contributed by atoms with Crippen LogP contribution in [0.3, 0.4) is 0 Å². The van der Waals surface area contributed by atoms with E-state index in [2.05, 4.69) is 19.2 Å². The minimum absolute atomic E-state index is 0.301. The second kappa shape index (κ2) is 38.8. The van der Waals surface area contributed by atoms with E-state index in [0.717, 1.165) is 44.9 Å². The van der Waals surface area contributed by atoms with Crippen LogP contribution < -0.4 is 5.32 Å². The van der Waals surface area contributed by atoms with Gasteiger partial charge in [0.25, 0.3) is 0 Å². The third-order valence-electron chi connectivity index (χ3n) is 12.0. The van der Waals surface area contributed by atoms with Gasteiger partial charge in [-0.25, -0.2) is 0 Å². The molecule has 1 aliphatic rings. The highest BCUT2D eigenvalue weighted by atomic mass is 16.7. The van der Waals surface area contributed by atoms with Crippen LogP contribution in [0, 0.1) is 0 Å². The molecule has 0 aromatic carbocycles. The van der Waals surface area contributed by atoms with E-state index in [1.807, 2.05) is 6.08 Å². The first-order valence-electron chi connectivity index (χ1n) is 24.5. The Morgan fingerprint density at radius 1 is 0.586 bits per heavy atom. The Morgan fingerprint density at radius 2 is 0.983 bits per heavy atom. The summed E-state index contributed by atoms with van der Waals surface area (Å²) in [5, 5.41) is 64.7. The molecule has 1 amide bonds. The lowest BCUT2D eigenvalue weighted by molar-refractivity contribution is -0.302. The van der Waals surface area contributed by atoms with Crippen LogP contribution in [0.25, 0.3) is 0 Å². The van der Waals surface area contributed by atoms with Crippen LogP contribution in [0.5, 0.6) is 0 Å². The summed E-state index contributed by atoms with van der Waals surface area (Å²) in [6.45, 7) is 3.62. The molecule has 10 heteroatoms. The van der Waals surface area contributed by atoms with Crippen LogP contribution in [-0.4, -0.2) is 98.7 Å². The number of ether oxygens (including phenoxy) is 2. The van der Waals surface area contributed by atoms with Gasteiger partial charge < -0.3 is 45.4 Å². The molecule has 0 spiro atoms. The lowest BCUT2D eigenvalue weighted by Gasteiger charge is -2.40. The Hall–Kier alpha value is -1.11. The highest BCUT2D eigenvalue weighted by Crippen LogP contribution is 2.23. The first-order valence-corrected chi connectivity index (χ1v) is 24.5. The molecule has 1 rings (SSSR count). The number of carbonyl (C=O) groups is 1. The molecule has 0 bridgehead atoms. The number of hydrogen-bond donors (Lipinski definition) is 7. The maximum atomic E-state index is 13.0. The second-order valence-corrected chi connectivity index (χ2v) is 17.4. The summed E-state index contributed by atoms with van der Waals surface area (Å²) >= 11 is 0. The van der Waals surface area contributed by atoms with E-state index in [-0.39, 0.29) is 6.61 Å². The quantitative estimate of drug-likeness (QED) is 0.0235. The number of aliphatic hydroxyl groups is 6. The van der Waals surface area contributed by atoms with Crippen LogP contribution in [0.15, 0.2) is 12.2 Å². The molecule has 344 valence electrons. The fraction of sp³-hybridized carbons (Fsp3) is 0.938. The number of allylic oxidation sites excluding steroid dienone is 1. The van der Waals surface area contributed by atoms with Crippen molar-refractivity contribution in [1.82, 2.24) is 5.32 Å². The van der Waals surface area contributed by atoms with Gasteiger partial charge in [0.15, 0.2) is 6.29 Å². The summed E-state index contributed by atoms with van der Waals surface area (Å²) in [5.41, 5.74) is 0. The van der Waals surface area contributed by atoms with Gasteiger partial charge in [-0.1, -0.05) is 219 Å². The SMILES string of the molecule is CCCCCCCCCCCCCC=C[C@@H](O)[C@H](CO[C@@H]1O[C@H](CO)[C@H](O)[C@H](O)[C@H]1O)NC(=O)C(O)CCCCCCCCCCCCCCCCCCCCCC. The van der Waals surface area contributed by atoms with Gasteiger partial charge in [0.2, 0.25) is 5.91 Å². The molecule has 1 fully saturated rings. The molecule has 10 nitrogen and oxygen atoms in total. The van der Waals surface area contributed by atoms with E-state index in [4.69, 9.17) is 9.47 Å². The molecular formula is C48H93NO9. The predicted octanol–water partition coefficient (Wildman–Crippen LogP) is 9.48. The highest BCUT2D eigenvalue weighted by Gasteiger charge is 2.44. The number of nitrogens with one attached hydrogen (secondary N) is 1. The minimum atomic E-state index is -1.61. The van der Waals surface area contributed by atoms with Crippen molar-refractivity contribution in [2.45, 2.75) is 275 Å². The molecule has 0 aromatic heterocycles. The van der Waals surface area contributed by atoms with Gasteiger partial charge in [-0.2, -0.15) is 0 Å². The Labute approximate surface area is 355 Å². The van der Waals surface area contributed by atoms with Crippen molar-refractivity contribution in [3.8, 4) is 0 Å². The topological polar surface area (TPSA) is 169 Å². The van der Waals surface area contributed by atoms with Crippen molar-refractivity contribution in [3.05, 3.63) is 12.2 Å². The van der Waals surface area contributed by atoms with Crippen LogP contribution in [-0.2, 0) is 14.3 Å². The summed E-state index contributed by atoms with van der Waals surface area (Å²) in [4.78, 5) is 13.0. The summed E-state index contributed by atoms with van der Waals surface area (Å²) in [5.74, 6) is -0.613. The monoisotopic (exact) mass is 828 g/mol. The van der Waals surface area contributed by atoms with Gasteiger partial charge >= 0.3 is 0 Å². The first-order chi connectivity index (χ1) is 28.3. The zero-order valence-electron chi connectivity index (χ0n) is 37.4. The summed E-state index contributed by atoms with van der Waals surface area (Å²) in [7, 11) is 0. The van der Waals surface area contributed by atoms with E-state index in [0.29, 0.717) is 6.42 Å². The summed E-state index contributed by atoms with van der Waals surface area (Å²) in [6, 6.07) is -0.974. The van der Waals surface area contributed by atoms with Crippen LogP contribution >= 0.6 is 0 Å². The Balaban J connectivity index is 2.34. The number of unbranched alkanes of at least 4 members (excludes halogenated alkanes) is 30. The summed E-state index contributed by atoms with van der Waals surface area (Å²) in [6.07, 6.45) is 34.4. The second-order valence-electron chi connectivity index (χ2n) is 17.4. The van der Waals surface area contributed by atoms with Gasteiger partial charge in [-0.05, 0) is 19.3 Å². The van der Waals surface area contributed by atoms with E-state index in [1.54, 1.807) is 6.08 Å². The fourth-order valence-corrected chi connectivity index (χ4v) is 7.93. The predicted molar refractivity (Wildman–Crippen MR) is 237 cm³/mol. The molecule has 0 aromatic rings. The average Bonchev–Trinajstić information content (AvgIpc) is 3.22. The van der Waals surface area contributed by atoms with E-state index in [1.165, 1.54) is 161 Å². The first kappa shape index (κ1) is 54.9. The number of amides is 1. The number of hydrogen-bond acceptors (Lipinski definition) is 9. The summed E-state index contributed by atoms with van der Waals surface area (Å²) < 4.78 is 11.1. The van der Waals surface area contributed by atoms with Gasteiger partial charge in [-0.15, -0.1) is 0 Å². The Bertz CT molecular complexity index is 937. The Kier molecular flexibility index (Phi) is 36.7. The van der Waals surface area contributed by atoms with Crippen LogP contribution in [0.1, 0.15) is 226 Å². The number of aliphatic hydroxyl groups excluding tert-OH is 6. The van der Waals surface area contributed by atoms with Crippen LogP contribution in [0.4, 0.5) is 0 Å².